The molecule has 1 aromatic heterocycles. The summed E-state index contributed by atoms with van der Waals surface area (Å²) in [6.45, 7) is 0.250. The van der Waals surface area contributed by atoms with Crippen molar-refractivity contribution in [1.82, 2.24) is 9.88 Å². The van der Waals surface area contributed by atoms with Crippen LogP contribution in [0.3, 0.4) is 0 Å². The van der Waals surface area contributed by atoms with Gasteiger partial charge in [-0.2, -0.15) is 0 Å². The number of hydrogen-bond donors (Lipinski definition) is 1. The van der Waals surface area contributed by atoms with Crippen LogP contribution in [0.1, 0.15) is 33.2 Å². The standard InChI is InChI=1S/C25H18ClF3N2O2/c1-33-15-5-2-13(3-6-15)24-23-16(18-12-14(26)4-9-20(18)30-23)10-11-31(24)25(32)17-7-8-19(27)22(29)21(17)28/h2-9,12,24,30H,10-11H2,1H3. The number of aromatic amines is 1. The van der Waals surface area contributed by atoms with Gasteiger partial charge in [-0.15, -0.1) is 0 Å². The van der Waals surface area contributed by atoms with Gasteiger partial charge in [0.2, 0.25) is 0 Å². The highest BCUT2D eigenvalue weighted by Crippen LogP contribution is 2.40. The average Bonchev–Trinajstić information content (AvgIpc) is 3.19. The van der Waals surface area contributed by atoms with Gasteiger partial charge < -0.3 is 14.6 Å². The quantitative estimate of drug-likeness (QED) is 0.371. The smallest absolute Gasteiger partial charge is 0.257 e. The normalized spacial score (nSPS) is 15.5. The highest BCUT2D eigenvalue weighted by atomic mass is 35.5. The summed E-state index contributed by atoms with van der Waals surface area (Å²) in [5.41, 5.74) is 2.86. The van der Waals surface area contributed by atoms with Crippen LogP contribution in [0, 0.1) is 17.5 Å². The third-order valence-electron chi connectivity index (χ3n) is 6.05. The van der Waals surface area contributed by atoms with Crippen molar-refractivity contribution in [3.8, 4) is 5.75 Å². The Morgan fingerprint density at radius 3 is 2.55 bits per heavy atom. The molecule has 33 heavy (non-hydrogen) atoms. The van der Waals surface area contributed by atoms with E-state index in [0.29, 0.717) is 17.2 Å². The molecule has 4 aromatic rings. The van der Waals surface area contributed by atoms with Gasteiger partial charge in [-0.05, 0) is 60.0 Å². The first-order chi connectivity index (χ1) is 15.9. The molecule has 1 N–H and O–H groups in total. The summed E-state index contributed by atoms with van der Waals surface area (Å²) in [6.07, 6.45) is 0.485. The number of fused-ring (bicyclic) bond motifs is 3. The van der Waals surface area contributed by atoms with E-state index in [0.717, 1.165) is 39.9 Å². The number of amides is 1. The Morgan fingerprint density at radius 2 is 1.82 bits per heavy atom. The molecule has 0 saturated heterocycles. The molecule has 168 valence electrons. The van der Waals surface area contributed by atoms with E-state index in [1.807, 2.05) is 24.3 Å². The number of carbonyl (C=O) groups excluding carboxylic acids is 1. The predicted molar refractivity (Wildman–Crippen MR) is 119 cm³/mol. The number of carbonyl (C=O) groups is 1. The molecular formula is C25H18ClF3N2O2. The fourth-order valence-corrected chi connectivity index (χ4v) is 4.63. The van der Waals surface area contributed by atoms with E-state index < -0.39 is 35.0 Å². The SMILES string of the molecule is COc1ccc(C2c3[nH]c4ccc(Cl)cc4c3CCN2C(=O)c2ccc(F)c(F)c2F)cc1. The molecule has 1 aliphatic heterocycles. The van der Waals surface area contributed by atoms with Crippen molar-refractivity contribution in [2.45, 2.75) is 12.5 Å². The topological polar surface area (TPSA) is 45.3 Å². The number of methoxy groups -OCH3 is 1. The first-order valence-corrected chi connectivity index (χ1v) is 10.6. The third-order valence-corrected chi connectivity index (χ3v) is 6.28. The van der Waals surface area contributed by atoms with Gasteiger partial charge >= 0.3 is 0 Å². The second-order valence-corrected chi connectivity index (χ2v) is 8.29. The van der Waals surface area contributed by atoms with Crippen molar-refractivity contribution in [2.24, 2.45) is 0 Å². The third kappa shape index (κ3) is 3.53. The number of halogens is 4. The molecule has 2 heterocycles. The molecule has 8 heteroatoms. The molecule has 3 aromatic carbocycles. The minimum absolute atomic E-state index is 0.250. The Balaban J connectivity index is 1.67. The number of hydrogen-bond acceptors (Lipinski definition) is 2. The molecular weight excluding hydrogens is 453 g/mol. The zero-order chi connectivity index (χ0) is 23.3. The van der Waals surface area contributed by atoms with Gasteiger partial charge in [0.05, 0.1) is 18.7 Å². The van der Waals surface area contributed by atoms with Crippen molar-refractivity contribution >= 4 is 28.4 Å². The summed E-state index contributed by atoms with van der Waals surface area (Å²) >= 11 is 6.21. The van der Waals surface area contributed by atoms with Crippen LogP contribution in [0.4, 0.5) is 13.2 Å². The van der Waals surface area contributed by atoms with Crippen LogP contribution in [0.2, 0.25) is 5.02 Å². The monoisotopic (exact) mass is 470 g/mol. The lowest BCUT2D eigenvalue weighted by Crippen LogP contribution is -2.41. The minimum Gasteiger partial charge on any atom is -0.497 e. The van der Waals surface area contributed by atoms with E-state index in [2.05, 4.69) is 4.98 Å². The molecule has 1 amide bonds. The Hall–Kier alpha value is -3.45. The highest BCUT2D eigenvalue weighted by molar-refractivity contribution is 6.31. The average molecular weight is 471 g/mol. The molecule has 0 spiro atoms. The van der Waals surface area contributed by atoms with Crippen LogP contribution in [-0.4, -0.2) is 29.4 Å². The number of nitrogens with zero attached hydrogens (tertiary/aromatic N) is 1. The van der Waals surface area contributed by atoms with Gasteiger partial charge in [-0.25, -0.2) is 13.2 Å². The van der Waals surface area contributed by atoms with Gasteiger partial charge in [0.25, 0.3) is 5.91 Å². The van der Waals surface area contributed by atoms with E-state index in [1.165, 1.54) is 4.90 Å². The van der Waals surface area contributed by atoms with Crippen LogP contribution >= 0.6 is 11.6 Å². The van der Waals surface area contributed by atoms with Gasteiger partial charge in [0.1, 0.15) is 5.75 Å². The van der Waals surface area contributed by atoms with Crippen LogP contribution in [0.25, 0.3) is 10.9 Å². The summed E-state index contributed by atoms with van der Waals surface area (Å²) < 4.78 is 47.1. The number of H-pyrrole nitrogens is 1. The molecule has 0 saturated carbocycles. The summed E-state index contributed by atoms with van der Waals surface area (Å²) in [5, 5.41) is 1.54. The number of rotatable bonds is 3. The Bertz CT molecular complexity index is 1380. The van der Waals surface area contributed by atoms with Crippen molar-refractivity contribution in [3.05, 3.63) is 99.5 Å². The lowest BCUT2D eigenvalue weighted by Gasteiger charge is -2.36. The largest absolute Gasteiger partial charge is 0.497 e. The Morgan fingerprint density at radius 1 is 1.06 bits per heavy atom. The summed E-state index contributed by atoms with van der Waals surface area (Å²) in [4.78, 5) is 18.3. The van der Waals surface area contributed by atoms with Crippen LogP contribution in [0.15, 0.2) is 54.6 Å². The highest BCUT2D eigenvalue weighted by Gasteiger charge is 2.36. The Kier molecular flexibility index (Phi) is 5.29. The molecule has 0 aliphatic carbocycles. The maximum Gasteiger partial charge on any atom is 0.257 e. The number of ether oxygens (including phenoxy) is 1. The number of benzene rings is 3. The molecule has 0 bridgehead atoms. The van der Waals surface area contributed by atoms with E-state index in [-0.39, 0.29) is 6.54 Å². The van der Waals surface area contributed by atoms with E-state index >= 15 is 0 Å². The Labute approximate surface area is 192 Å². The number of nitrogens with one attached hydrogen (secondary N) is 1. The van der Waals surface area contributed by atoms with Crippen molar-refractivity contribution in [1.29, 1.82) is 0 Å². The van der Waals surface area contributed by atoms with Crippen molar-refractivity contribution in [3.63, 3.8) is 0 Å². The fraction of sp³-hybridized carbons (Fsp3) is 0.160. The maximum absolute atomic E-state index is 14.5. The lowest BCUT2D eigenvalue weighted by molar-refractivity contribution is 0.0685. The zero-order valence-electron chi connectivity index (χ0n) is 17.5. The maximum atomic E-state index is 14.5. The van der Waals surface area contributed by atoms with Crippen LogP contribution in [-0.2, 0) is 6.42 Å². The first-order valence-electron chi connectivity index (χ1n) is 10.3. The molecule has 0 radical (unpaired) electrons. The van der Waals surface area contributed by atoms with Gasteiger partial charge in [0.15, 0.2) is 17.5 Å². The molecule has 0 fully saturated rings. The van der Waals surface area contributed by atoms with Crippen LogP contribution < -0.4 is 4.74 Å². The summed E-state index contributed by atoms with van der Waals surface area (Å²) in [7, 11) is 1.55. The summed E-state index contributed by atoms with van der Waals surface area (Å²) in [5.74, 6) is -4.59. The molecule has 1 atom stereocenters. The van der Waals surface area contributed by atoms with E-state index in [4.69, 9.17) is 16.3 Å². The molecule has 1 aliphatic rings. The fourth-order valence-electron chi connectivity index (χ4n) is 4.46. The summed E-state index contributed by atoms with van der Waals surface area (Å²) in [6, 6.07) is 13.8. The zero-order valence-corrected chi connectivity index (χ0v) is 18.2. The predicted octanol–water partition coefficient (Wildman–Crippen LogP) is 6.04. The van der Waals surface area contributed by atoms with Gasteiger partial charge in [-0.3, -0.25) is 4.79 Å². The van der Waals surface area contributed by atoms with Crippen molar-refractivity contribution < 1.29 is 22.7 Å². The van der Waals surface area contributed by atoms with E-state index in [1.54, 1.807) is 25.3 Å². The van der Waals surface area contributed by atoms with Crippen molar-refractivity contribution in [2.75, 3.05) is 13.7 Å². The van der Waals surface area contributed by atoms with Crippen LogP contribution in [0.5, 0.6) is 5.75 Å². The molecule has 5 rings (SSSR count). The van der Waals surface area contributed by atoms with E-state index in [9.17, 15) is 18.0 Å². The number of aromatic nitrogens is 1. The van der Waals surface area contributed by atoms with Gasteiger partial charge in [0, 0.05) is 28.2 Å². The second-order valence-electron chi connectivity index (χ2n) is 7.85. The first kappa shape index (κ1) is 21.4. The molecule has 1 unspecified atom stereocenters. The second kappa shape index (κ2) is 8.15. The molecule has 4 nitrogen and oxygen atoms in total. The lowest BCUT2D eigenvalue weighted by atomic mass is 9.91. The minimum atomic E-state index is -1.67. The van der Waals surface area contributed by atoms with Gasteiger partial charge in [-0.1, -0.05) is 23.7 Å².